The molecule has 1 amide bonds. The van der Waals surface area contributed by atoms with Gasteiger partial charge in [-0.1, -0.05) is 6.92 Å². The van der Waals surface area contributed by atoms with Crippen LogP contribution in [-0.4, -0.2) is 36.6 Å². The molecule has 2 N–H and O–H groups in total. The molecule has 0 spiro atoms. The van der Waals surface area contributed by atoms with Gasteiger partial charge in [-0.2, -0.15) is 0 Å². The summed E-state index contributed by atoms with van der Waals surface area (Å²) in [4.78, 5) is 16.1. The monoisotopic (exact) mass is 337 g/mol. The van der Waals surface area contributed by atoms with Crippen LogP contribution in [0.3, 0.4) is 0 Å². The van der Waals surface area contributed by atoms with Crippen molar-refractivity contribution in [3.63, 3.8) is 0 Å². The second-order valence-corrected chi connectivity index (χ2v) is 4.52. The third-order valence-electron chi connectivity index (χ3n) is 2.36. The predicted molar refractivity (Wildman–Crippen MR) is 90.0 cm³/mol. The number of carbonyl (C=O) groups excluding carboxylic acids is 1. The minimum absolute atomic E-state index is 0. The van der Waals surface area contributed by atoms with E-state index in [1.165, 1.54) is 0 Å². The van der Waals surface area contributed by atoms with Gasteiger partial charge in [-0.15, -0.1) is 24.8 Å². The molecule has 1 heterocycles. The average molecular weight is 338 g/mol. The molecular weight excluding hydrogens is 313 g/mol. The molecule has 1 rings (SSSR count). The zero-order valence-corrected chi connectivity index (χ0v) is 14.4. The fraction of sp³-hybridized carbons (Fsp3) is 0.571. The molecule has 1 aromatic heterocycles. The number of aromatic nitrogens is 1. The van der Waals surface area contributed by atoms with Gasteiger partial charge in [-0.3, -0.25) is 4.79 Å². The van der Waals surface area contributed by atoms with E-state index in [4.69, 9.17) is 4.74 Å². The van der Waals surface area contributed by atoms with Crippen LogP contribution in [0, 0.1) is 0 Å². The fourth-order valence-corrected chi connectivity index (χ4v) is 1.56. The molecule has 0 aliphatic carbocycles. The molecule has 0 saturated carbocycles. The lowest BCUT2D eigenvalue weighted by Gasteiger charge is -2.13. The van der Waals surface area contributed by atoms with E-state index in [1.807, 2.05) is 13.8 Å². The molecule has 5 nitrogen and oxygen atoms in total. The summed E-state index contributed by atoms with van der Waals surface area (Å²) in [5, 5.41) is 6.05. The minimum Gasteiger partial charge on any atom is -0.489 e. The summed E-state index contributed by atoms with van der Waals surface area (Å²) >= 11 is 0. The first-order valence-corrected chi connectivity index (χ1v) is 6.75. The number of carbonyl (C=O) groups is 1. The van der Waals surface area contributed by atoms with Gasteiger partial charge in [0.15, 0.2) is 11.4 Å². The van der Waals surface area contributed by atoms with Gasteiger partial charge >= 0.3 is 0 Å². The molecule has 1 aromatic rings. The summed E-state index contributed by atoms with van der Waals surface area (Å²) in [7, 11) is 0. The van der Waals surface area contributed by atoms with Crippen molar-refractivity contribution in [3.05, 3.63) is 24.0 Å². The summed E-state index contributed by atoms with van der Waals surface area (Å²) in [6.45, 7) is 8.24. The van der Waals surface area contributed by atoms with Crippen molar-refractivity contribution in [2.45, 2.75) is 33.3 Å². The number of hydrogen-bond donors (Lipinski definition) is 2. The summed E-state index contributed by atoms with van der Waals surface area (Å²) in [6.07, 6.45) is 2.69. The highest BCUT2D eigenvalue weighted by Gasteiger charge is 2.14. The van der Waals surface area contributed by atoms with Crippen LogP contribution >= 0.6 is 24.8 Å². The molecule has 21 heavy (non-hydrogen) atoms. The Hall–Kier alpha value is -1.04. The van der Waals surface area contributed by atoms with E-state index in [0.29, 0.717) is 18.0 Å². The molecule has 0 radical (unpaired) electrons. The maximum atomic E-state index is 12.0. The third-order valence-corrected chi connectivity index (χ3v) is 2.36. The van der Waals surface area contributed by atoms with E-state index in [0.717, 1.165) is 19.5 Å². The summed E-state index contributed by atoms with van der Waals surface area (Å²) in [6, 6.07) is 3.52. The number of rotatable bonds is 8. The van der Waals surface area contributed by atoms with Gasteiger partial charge in [-0.05, 0) is 38.9 Å². The smallest absolute Gasteiger partial charge is 0.273 e. The van der Waals surface area contributed by atoms with Crippen molar-refractivity contribution in [2.75, 3.05) is 19.6 Å². The molecule has 0 aromatic carbocycles. The number of hydrogen-bond acceptors (Lipinski definition) is 4. The maximum absolute atomic E-state index is 12.0. The van der Waals surface area contributed by atoms with E-state index in [9.17, 15) is 4.79 Å². The van der Waals surface area contributed by atoms with Crippen molar-refractivity contribution < 1.29 is 9.53 Å². The van der Waals surface area contributed by atoms with E-state index in [-0.39, 0.29) is 36.8 Å². The van der Waals surface area contributed by atoms with Gasteiger partial charge < -0.3 is 15.4 Å². The minimum atomic E-state index is -0.199. The van der Waals surface area contributed by atoms with Crippen LogP contribution in [0.15, 0.2) is 18.3 Å². The van der Waals surface area contributed by atoms with E-state index in [1.54, 1.807) is 18.3 Å². The number of nitrogens with one attached hydrogen (secondary N) is 2. The van der Waals surface area contributed by atoms with Gasteiger partial charge in [0.05, 0.1) is 6.10 Å². The van der Waals surface area contributed by atoms with Crippen molar-refractivity contribution in [2.24, 2.45) is 0 Å². The highest BCUT2D eigenvalue weighted by Crippen LogP contribution is 2.16. The first-order chi connectivity index (χ1) is 9.15. The molecular formula is C14H25Cl2N3O2. The Morgan fingerprint density at radius 3 is 2.62 bits per heavy atom. The summed E-state index contributed by atoms with van der Waals surface area (Å²) in [5.41, 5.74) is 0.340. The van der Waals surface area contributed by atoms with Gasteiger partial charge in [0.1, 0.15) is 0 Å². The summed E-state index contributed by atoms with van der Waals surface area (Å²) in [5.74, 6) is 0.325. The maximum Gasteiger partial charge on any atom is 0.273 e. The highest BCUT2D eigenvalue weighted by atomic mass is 35.5. The van der Waals surface area contributed by atoms with Gasteiger partial charge in [0, 0.05) is 19.3 Å². The Balaban J connectivity index is 0. The summed E-state index contributed by atoms with van der Waals surface area (Å²) < 4.78 is 5.57. The number of ether oxygens (including phenoxy) is 1. The Morgan fingerprint density at radius 1 is 1.29 bits per heavy atom. The second-order valence-electron chi connectivity index (χ2n) is 4.52. The molecule has 7 heteroatoms. The Morgan fingerprint density at radius 2 is 2.00 bits per heavy atom. The van der Waals surface area contributed by atoms with Crippen LogP contribution in [0.1, 0.15) is 37.7 Å². The van der Waals surface area contributed by atoms with E-state index < -0.39 is 0 Å². The Labute approximate surface area is 139 Å². The average Bonchev–Trinajstić information content (AvgIpc) is 2.38. The molecule has 0 unspecified atom stereocenters. The fourth-order valence-electron chi connectivity index (χ4n) is 1.56. The first-order valence-electron chi connectivity index (χ1n) is 6.75. The zero-order valence-electron chi connectivity index (χ0n) is 12.7. The standard InChI is InChI=1S/C14H23N3O2.2ClH/c1-4-7-15-9-10-17-14(18)13-12(19-11(2)3)6-5-8-16-13;;/h5-6,8,11,15H,4,7,9-10H2,1-3H3,(H,17,18);2*1H. The largest absolute Gasteiger partial charge is 0.489 e. The number of halogens is 2. The second kappa shape index (κ2) is 12.7. The molecule has 0 aliphatic rings. The SMILES string of the molecule is CCCNCCNC(=O)c1ncccc1OC(C)C.Cl.Cl. The van der Waals surface area contributed by atoms with Crippen LogP contribution in [0.25, 0.3) is 0 Å². The lowest BCUT2D eigenvalue weighted by atomic mass is 10.3. The molecule has 0 bridgehead atoms. The van der Waals surface area contributed by atoms with Crippen molar-refractivity contribution in [1.29, 1.82) is 0 Å². The van der Waals surface area contributed by atoms with Crippen LogP contribution in [0.2, 0.25) is 0 Å². The Kier molecular flexibility index (Phi) is 13.4. The molecule has 0 fully saturated rings. The first kappa shape index (κ1) is 22.2. The highest BCUT2D eigenvalue weighted by molar-refractivity contribution is 5.94. The van der Waals surface area contributed by atoms with Crippen molar-refractivity contribution >= 4 is 30.7 Å². The van der Waals surface area contributed by atoms with Gasteiger partial charge in [-0.25, -0.2) is 4.98 Å². The topological polar surface area (TPSA) is 63.2 Å². The van der Waals surface area contributed by atoms with Crippen LogP contribution < -0.4 is 15.4 Å². The molecule has 122 valence electrons. The number of nitrogens with zero attached hydrogens (tertiary/aromatic N) is 1. The van der Waals surface area contributed by atoms with Gasteiger partial charge in [0.25, 0.3) is 5.91 Å². The number of amides is 1. The lowest BCUT2D eigenvalue weighted by molar-refractivity contribution is 0.0942. The van der Waals surface area contributed by atoms with E-state index >= 15 is 0 Å². The van der Waals surface area contributed by atoms with E-state index in [2.05, 4.69) is 22.5 Å². The lowest BCUT2D eigenvalue weighted by Crippen LogP contribution is -2.32. The third kappa shape index (κ3) is 8.75. The van der Waals surface area contributed by atoms with Crippen molar-refractivity contribution in [3.8, 4) is 5.75 Å². The normalized spacial score (nSPS) is 9.52. The van der Waals surface area contributed by atoms with Gasteiger partial charge in [0.2, 0.25) is 0 Å². The van der Waals surface area contributed by atoms with Crippen LogP contribution in [0.4, 0.5) is 0 Å². The molecule has 0 atom stereocenters. The Bertz CT molecular complexity index is 404. The van der Waals surface area contributed by atoms with Crippen LogP contribution in [-0.2, 0) is 0 Å². The number of pyridine rings is 1. The quantitative estimate of drug-likeness (QED) is 0.715. The molecule has 0 aliphatic heterocycles. The zero-order chi connectivity index (χ0) is 14.1. The predicted octanol–water partition coefficient (Wildman–Crippen LogP) is 2.44. The van der Waals surface area contributed by atoms with Crippen molar-refractivity contribution in [1.82, 2.24) is 15.6 Å². The molecule has 0 saturated heterocycles. The van der Waals surface area contributed by atoms with Crippen LogP contribution in [0.5, 0.6) is 5.75 Å².